The predicted octanol–water partition coefficient (Wildman–Crippen LogP) is 4.79. The quantitative estimate of drug-likeness (QED) is 0.668. The van der Waals surface area contributed by atoms with Crippen molar-refractivity contribution in [3.8, 4) is 10.4 Å². The highest BCUT2D eigenvalue weighted by Gasteiger charge is 2.18. The molecule has 2 aromatic carbocycles. The maximum absolute atomic E-state index is 9.78. The number of thiophene rings is 1. The first-order valence-electron chi connectivity index (χ1n) is 7.36. The highest BCUT2D eigenvalue weighted by molar-refractivity contribution is 7.22. The summed E-state index contributed by atoms with van der Waals surface area (Å²) in [5, 5.41) is 20.8. The third-order valence-electron chi connectivity index (χ3n) is 4.39. The summed E-state index contributed by atoms with van der Waals surface area (Å²) >= 11 is 1.70. The van der Waals surface area contributed by atoms with E-state index in [9.17, 15) is 10.2 Å². The van der Waals surface area contributed by atoms with E-state index in [0.717, 1.165) is 21.6 Å². The topological polar surface area (TPSA) is 40.5 Å². The number of fused-ring (bicyclic) bond motifs is 1. The van der Waals surface area contributed by atoms with E-state index in [2.05, 4.69) is 45.0 Å². The second kappa shape index (κ2) is 5.51. The van der Waals surface area contributed by atoms with Crippen LogP contribution in [-0.2, 0) is 0 Å². The van der Waals surface area contributed by atoms with Crippen molar-refractivity contribution >= 4 is 21.4 Å². The van der Waals surface area contributed by atoms with E-state index in [-0.39, 0.29) is 0 Å². The number of aliphatic hydroxyl groups is 2. The molecule has 0 amide bonds. The number of benzene rings is 2. The Hall–Kier alpha value is -1.68. The summed E-state index contributed by atoms with van der Waals surface area (Å²) in [6.07, 6.45) is -1.46. The number of aryl methyl sites for hydroxylation is 2. The van der Waals surface area contributed by atoms with E-state index in [4.69, 9.17) is 0 Å². The molecule has 0 bridgehead atoms. The van der Waals surface area contributed by atoms with E-state index in [0.29, 0.717) is 5.56 Å². The van der Waals surface area contributed by atoms with Gasteiger partial charge in [-0.05, 0) is 67.5 Å². The molecule has 0 fully saturated rings. The summed E-state index contributed by atoms with van der Waals surface area (Å²) in [6.45, 7) is 8.23. The van der Waals surface area contributed by atoms with Crippen LogP contribution in [0.1, 0.15) is 34.1 Å². The average Bonchev–Trinajstić information content (AvgIpc) is 2.86. The van der Waals surface area contributed by atoms with Gasteiger partial charge in [0.25, 0.3) is 0 Å². The lowest BCUT2D eigenvalue weighted by molar-refractivity contribution is -0.0420. The fourth-order valence-electron chi connectivity index (χ4n) is 2.91. The lowest BCUT2D eigenvalue weighted by Gasteiger charge is -2.17. The minimum absolute atomic E-state index is 0.587. The Morgan fingerprint density at radius 1 is 0.909 bits per heavy atom. The summed E-state index contributed by atoms with van der Waals surface area (Å²) in [5.41, 5.74) is 6.18. The molecule has 3 rings (SSSR count). The Morgan fingerprint density at radius 3 is 2.32 bits per heavy atom. The highest BCUT2D eigenvalue weighted by atomic mass is 32.1. The largest absolute Gasteiger partial charge is 0.364 e. The van der Waals surface area contributed by atoms with Gasteiger partial charge in [-0.2, -0.15) is 0 Å². The molecule has 0 aliphatic carbocycles. The SMILES string of the molecule is Cc1ccc2cc(-c3c(C(O)O)cc(C)c(C)c3C)sc2c1. The van der Waals surface area contributed by atoms with Gasteiger partial charge in [0.15, 0.2) is 6.29 Å². The number of hydrogen-bond acceptors (Lipinski definition) is 3. The maximum Gasteiger partial charge on any atom is 0.179 e. The third kappa shape index (κ3) is 2.45. The number of rotatable bonds is 2. The summed E-state index contributed by atoms with van der Waals surface area (Å²) in [4.78, 5) is 1.09. The van der Waals surface area contributed by atoms with Crippen molar-refractivity contribution in [3.63, 3.8) is 0 Å². The van der Waals surface area contributed by atoms with Crippen LogP contribution in [0.4, 0.5) is 0 Å². The molecule has 114 valence electrons. The zero-order chi connectivity index (χ0) is 16.0. The number of hydrogen-bond donors (Lipinski definition) is 2. The van der Waals surface area contributed by atoms with E-state index in [1.807, 2.05) is 13.0 Å². The molecule has 0 aliphatic rings. The van der Waals surface area contributed by atoms with Crippen molar-refractivity contribution in [3.05, 3.63) is 58.1 Å². The van der Waals surface area contributed by atoms with Gasteiger partial charge in [0.1, 0.15) is 0 Å². The Bertz CT molecular complexity index is 859. The van der Waals surface area contributed by atoms with Crippen molar-refractivity contribution in [2.45, 2.75) is 34.0 Å². The molecule has 0 saturated heterocycles. The normalized spacial score (nSPS) is 11.6. The van der Waals surface area contributed by atoms with Gasteiger partial charge in [0, 0.05) is 20.7 Å². The molecule has 1 heterocycles. The summed E-state index contributed by atoms with van der Waals surface area (Å²) < 4.78 is 1.23. The molecule has 3 aromatic rings. The highest BCUT2D eigenvalue weighted by Crippen LogP contribution is 2.40. The average molecular weight is 312 g/mol. The molecule has 0 spiro atoms. The van der Waals surface area contributed by atoms with Gasteiger partial charge in [-0.15, -0.1) is 11.3 Å². The second-order valence-electron chi connectivity index (χ2n) is 5.93. The van der Waals surface area contributed by atoms with Crippen LogP contribution in [0.25, 0.3) is 20.5 Å². The Morgan fingerprint density at radius 2 is 1.64 bits per heavy atom. The molecule has 3 heteroatoms. The van der Waals surface area contributed by atoms with Crippen molar-refractivity contribution in [1.29, 1.82) is 0 Å². The Kier molecular flexibility index (Phi) is 3.81. The van der Waals surface area contributed by atoms with Crippen LogP contribution in [0.5, 0.6) is 0 Å². The van der Waals surface area contributed by atoms with Crippen LogP contribution in [0.2, 0.25) is 0 Å². The van der Waals surface area contributed by atoms with Gasteiger partial charge in [-0.1, -0.05) is 18.2 Å². The van der Waals surface area contributed by atoms with E-state index >= 15 is 0 Å². The summed E-state index contributed by atoms with van der Waals surface area (Å²) in [5.74, 6) is 0. The zero-order valence-electron chi connectivity index (χ0n) is 13.3. The van der Waals surface area contributed by atoms with Crippen molar-refractivity contribution < 1.29 is 10.2 Å². The van der Waals surface area contributed by atoms with E-state index in [1.165, 1.54) is 21.2 Å². The van der Waals surface area contributed by atoms with Crippen LogP contribution in [0.3, 0.4) is 0 Å². The van der Waals surface area contributed by atoms with Crippen molar-refractivity contribution in [2.24, 2.45) is 0 Å². The Balaban J connectivity index is 2.31. The molecular formula is C19H20O2S. The lowest BCUT2D eigenvalue weighted by atomic mass is 9.92. The minimum Gasteiger partial charge on any atom is -0.364 e. The minimum atomic E-state index is -1.46. The molecular weight excluding hydrogens is 292 g/mol. The lowest BCUT2D eigenvalue weighted by Crippen LogP contribution is -2.02. The molecule has 0 radical (unpaired) electrons. The molecule has 0 saturated carbocycles. The fourth-order valence-corrected chi connectivity index (χ4v) is 4.19. The summed E-state index contributed by atoms with van der Waals surface area (Å²) in [6, 6.07) is 10.4. The third-order valence-corrected chi connectivity index (χ3v) is 5.51. The van der Waals surface area contributed by atoms with Crippen LogP contribution in [0.15, 0.2) is 30.3 Å². The Labute approximate surface area is 134 Å². The molecule has 22 heavy (non-hydrogen) atoms. The van der Waals surface area contributed by atoms with Gasteiger partial charge < -0.3 is 10.2 Å². The first-order valence-corrected chi connectivity index (χ1v) is 8.17. The maximum atomic E-state index is 9.78. The van der Waals surface area contributed by atoms with Crippen LogP contribution in [-0.4, -0.2) is 10.2 Å². The van der Waals surface area contributed by atoms with Crippen LogP contribution < -0.4 is 0 Å². The van der Waals surface area contributed by atoms with Gasteiger partial charge in [-0.3, -0.25) is 0 Å². The molecule has 0 atom stereocenters. The monoisotopic (exact) mass is 312 g/mol. The first-order chi connectivity index (χ1) is 10.4. The van der Waals surface area contributed by atoms with Gasteiger partial charge in [0.2, 0.25) is 0 Å². The van der Waals surface area contributed by atoms with Crippen LogP contribution in [0, 0.1) is 27.7 Å². The standard InChI is InChI=1S/C19H20O2S/c1-10-5-6-14-9-17(22-16(14)7-10)18-13(4)12(3)11(2)8-15(18)19(20)21/h5-9,19-21H,1-4H3. The van der Waals surface area contributed by atoms with Crippen LogP contribution >= 0.6 is 11.3 Å². The zero-order valence-corrected chi connectivity index (χ0v) is 14.1. The first kappa shape index (κ1) is 15.2. The molecule has 2 nitrogen and oxygen atoms in total. The van der Waals surface area contributed by atoms with Gasteiger partial charge >= 0.3 is 0 Å². The van der Waals surface area contributed by atoms with Crippen molar-refractivity contribution in [2.75, 3.05) is 0 Å². The fraction of sp³-hybridized carbons (Fsp3) is 0.263. The molecule has 2 N–H and O–H groups in total. The molecule has 0 unspecified atom stereocenters. The molecule has 0 aliphatic heterocycles. The van der Waals surface area contributed by atoms with E-state index in [1.54, 1.807) is 11.3 Å². The molecule has 1 aromatic heterocycles. The predicted molar refractivity (Wildman–Crippen MR) is 93.4 cm³/mol. The van der Waals surface area contributed by atoms with Crippen molar-refractivity contribution in [1.82, 2.24) is 0 Å². The smallest absolute Gasteiger partial charge is 0.179 e. The number of aliphatic hydroxyl groups excluding tert-OH is 1. The second-order valence-corrected chi connectivity index (χ2v) is 7.02. The van der Waals surface area contributed by atoms with Gasteiger partial charge in [-0.25, -0.2) is 0 Å². The van der Waals surface area contributed by atoms with Gasteiger partial charge in [0.05, 0.1) is 0 Å². The summed E-state index contributed by atoms with van der Waals surface area (Å²) in [7, 11) is 0. The van der Waals surface area contributed by atoms with E-state index < -0.39 is 6.29 Å².